The predicted octanol–water partition coefficient (Wildman–Crippen LogP) is 5.30. The molecule has 1 saturated heterocycles. The van der Waals surface area contributed by atoms with Crippen molar-refractivity contribution in [3.05, 3.63) is 88.7 Å². The molecule has 1 atom stereocenters. The largest absolute Gasteiger partial charge is 0.507 e. The number of phenolic OH excluding ortho intramolecular Hbond substituents is 1. The van der Waals surface area contributed by atoms with Crippen molar-refractivity contribution < 1.29 is 33.7 Å². The lowest BCUT2D eigenvalue weighted by Gasteiger charge is -2.26. The summed E-state index contributed by atoms with van der Waals surface area (Å²) >= 11 is 0. The summed E-state index contributed by atoms with van der Waals surface area (Å²) in [5.41, 5.74) is 1.47. The monoisotopic (exact) mass is 491 g/mol. The van der Waals surface area contributed by atoms with Gasteiger partial charge in [-0.25, -0.2) is 4.39 Å². The number of nitrogens with zero attached hydrogens (tertiary/aromatic N) is 1. The number of aliphatic hydroxyl groups excluding tert-OH is 1. The van der Waals surface area contributed by atoms with Crippen LogP contribution in [-0.4, -0.2) is 36.1 Å². The van der Waals surface area contributed by atoms with Crippen LogP contribution in [0.2, 0.25) is 0 Å². The first-order valence-corrected chi connectivity index (χ1v) is 11.3. The summed E-state index contributed by atoms with van der Waals surface area (Å²) in [5, 5.41) is 21.7. The maximum atomic E-state index is 14.1. The SMILES string of the molecule is COc1ccc(C2/C(=C(\O)c3cc(F)ccc3OC)C(=O)C(=O)N2c2ccc(C(C)C)cc2)cc1O. The fourth-order valence-electron chi connectivity index (χ4n) is 4.32. The molecule has 8 heteroatoms. The number of amides is 1. The molecule has 0 radical (unpaired) electrons. The molecule has 1 unspecified atom stereocenters. The van der Waals surface area contributed by atoms with Gasteiger partial charge < -0.3 is 19.7 Å². The van der Waals surface area contributed by atoms with Crippen molar-refractivity contribution >= 4 is 23.1 Å². The Kier molecular flexibility index (Phi) is 6.70. The molecule has 1 fully saturated rings. The molecule has 0 spiro atoms. The number of Topliss-reactive ketones (excluding diaryl/α,β-unsaturated/α-hetero) is 1. The number of aliphatic hydroxyl groups is 1. The predicted molar refractivity (Wildman–Crippen MR) is 133 cm³/mol. The van der Waals surface area contributed by atoms with Crippen LogP contribution in [-0.2, 0) is 9.59 Å². The molecular formula is C28H26FNO6. The van der Waals surface area contributed by atoms with E-state index < -0.39 is 29.3 Å². The number of methoxy groups -OCH3 is 2. The molecule has 0 aromatic heterocycles. The minimum absolute atomic E-state index is 0.0756. The van der Waals surface area contributed by atoms with Crippen LogP contribution < -0.4 is 14.4 Å². The minimum Gasteiger partial charge on any atom is -0.507 e. The summed E-state index contributed by atoms with van der Waals surface area (Å²) in [6.45, 7) is 4.07. The molecule has 1 aliphatic heterocycles. The molecule has 1 amide bonds. The van der Waals surface area contributed by atoms with E-state index in [1.165, 1.54) is 37.3 Å². The molecule has 3 aromatic carbocycles. The summed E-state index contributed by atoms with van der Waals surface area (Å²) < 4.78 is 24.5. The van der Waals surface area contributed by atoms with Gasteiger partial charge in [0, 0.05) is 5.69 Å². The Hall–Kier alpha value is -4.33. The molecule has 4 rings (SSSR count). The molecule has 1 aliphatic rings. The third-order valence-electron chi connectivity index (χ3n) is 6.22. The Morgan fingerprint density at radius 1 is 0.944 bits per heavy atom. The van der Waals surface area contributed by atoms with Gasteiger partial charge in [-0.1, -0.05) is 32.0 Å². The van der Waals surface area contributed by atoms with Crippen LogP contribution in [0, 0.1) is 5.82 Å². The number of aromatic hydroxyl groups is 1. The van der Waals surface area contributed by atoms with Crippen LogP contribution in [0.1, 0.15) is 42.5 Å². The van der Waals surface area contributed by atoms with Crippen LogP contribution in [0.3, 0.4) is 0 Å². The van der Waals surface area contributed by atoms with Crippen LogP contribution in [0.25, 0.3) is 5.76 Å². The number of ether oxygens (including phenoxy) is 2. The van der Waals surface area contributed by atoms with Gasteiger partial charge in [-0.15, -0.1) is 0 Å². The molecule has 2 N–H and O–H groups in total. The van der Waals surface area contributed by atoms with Crippen molar-refractivity contribution in [1.29, 1.82) is 0 Å². The highest BCUT2D eigenvalue weighted by molar-refractivity contribution is 6.51. The van der Waals surface area contributed by atoms with Crippen molar-refractivity contribution in [2.24, 2.45) is 0 Å². The summed E-state index contributed by atoms with van der Waals surface area (Å²) in [6, 6.07) is 14.0. The molecule has 1 heterocycles. The summed E-state index contributed by atoms with van der Waals surface area (Å²) in [7, 11) is 2.74. The first kappa shape index (κ1) is 24.8. The van der Waals surface area contributed by atoms with Gasteiger partial charge in [-0.3, -0.25) is 14.5 Å². The van der Waals surface area contributed by atoms with E-state index in [2.05, 4.69) is 0 Å². The van der Waals surface area contributed by atoms with Gasteiger partial charge in [0.1, 0.15) is 17.3 Å². The summed E-state index contributed by atoms with van der Waals surface area (Å²) in [6.07, 6.45) is 0. The number of anilines is 1. The fourth-order valence-corrected chi connectivity index (χ4v) is 4.32. The average Bonchev–Trinajstić information content (AvgIpc) is 3.13. The van der Waals surface area contributed by atoms with E-state index in [0.717, 1.165) is 17.7 Å². The number of ketones is 1. The van der Waals surface area contributed by atoms with E-state index in [0.29, 0.717) is 11.3 Å². The Labute approximate surface area is 208 Å². The minimum atomic E-state index is -1.11. The fraction of sp³-hybridized carbons (Fsp3) is 0.214. The number of hydrogen-bond acceptors (Lipinski definition) is 6. The molecule has 0 bridgehead atoms. The van der Waals surface area contributed by atoms with Gasteiger partial charge in [0.15, 0.2) is 11.5 Å². The number of benzene rings is 3. The Morgan fingerprint density at radius 3 is 2.17 bits per heavy atom. The van der Waals surface area contributed by atoms with Gasteiger partial charge in [-0.2, -0.15) is 0 Å². The van der Waals surface area contributed by atoms with E-state index in [9.17, 15) is 24.2 Å². The van der Waals surface area contributed by atoms with Crippen LogP contribution >= 0.6 is 0 Å². The summed E-state index contributed by atoms with van der Waals surface area (Å²) in [5.74, 6) is -2.71. The van der Waals surface area contributed by atoms with Crippen molar-refractivity contribution in [3.63, 3.8) is 0 Å². The van der Waals surface area contributed by atoms with Gasteiger partial charge in [0.25, 0.3) is 11.7 Å². The third kappa shape index (κ3) is 4.26. The molecule has 0 saturated carbocycles. The lowest BCUT2D eigenvalue weighted by molar-refractivity contribution is -0.132. The summed E-state index contributed by atoms with van der Waals surface area (Å²) in [4.78, 5) is 27.9. The Balaban J connectivity index is 1.97. The molecule has 0 aliphatic carbocycles. The molecule has 7 nitrogen and oxygen atoms in total. The highest BCUT2D eigenvalue weighted by atomic mass is 19.1. The normalized spacial score (nSPS) is 17.1. The van der Waals surface area contributed by atoms with Crippen LogP contribution in [0.4, 0.5) is 10.1 Å². The first-order valence-electron chi connectivity index (χ1n) is 11.3. The van der Waals surface area contributed by atoms with Gasteiger partial charge >= 0.3 is 0 Å². The second-order valence-electron chi connectivity index (χ2n) is 8.69. The Bertz CT molecular complexity index is 1360. The van der Waals surface area contributed by atoms with Gasteiger partial charge in [-0.05, 0) is 59.5 Å². The van der Waals surface area contributed by atoms with E-state index in [1.54, 1.807) is 18.2 Å². The van der Waals surface area contributed by atoms with Crippen LogP contribution in [0.15, 0.2) is 66.2 Å². The highest BCUT2D eigenvalue weighted by Crippen LogP contribution is 2.45. The van der Waals surface area contributed by atoms with Crippen LogP contribution in [0.5, 0.6) is 17.2 Å². The lowest BCUT2D eigenvalue weighted by Crippen LogP contribution is -2.29. The van der Waals surface area contributed by atoms with Crippen molar-refractivity contribution in [2.75, 3.05) is 19.1 Å². The van der Waals surface area contributed by atoms with Gasteiger partial charge in [0.2, 0.25) is 0 Å². The number of phenols is 1. The maximum Gasteiger partial charge on any atom is 0.300 e. The smallest absolute Gasteiger partial charge is 0.300 e. The van der Waals surface area contributed by atoms with E-state index in [1.807, 2.05) is 26.0 Å². The number of rotatable bonds is 6. The molecule has 3 aromatic rings. The number of carbonyl (C=O) groups excluding carboxylic acids is 2. The molecule has 186 valence electrons. The van der Waals surface area contributed by atoms with Crippen molar-refractivity contribution in [1.82, 2.24) is 0 Å². The van der Waals surface area contributed by atoms with E-state index in [4.69, 9.17) is 9.47 Å². The van der Waals surface area contributed by atoms with E-state index >= 15 is 0 Å². The number of carbonyl (C=O) groups is 2. The van der Waals surface area contributed by atoms with Gasteiger partial charge in [0.05, 0.1) is 31.4 Å². The zero-order valence-electron chi connectivity index (χ0n) is 20.3. The highest BCUT2D eigenvalue weighted by Gasteiger charge is 2.47. The number of hydrogen-bond donors (Lipinski definition) is 2. The second-order valence-corrected chi connectivity index (χ2v) is 8.69. The molecule has 36 heavy (non-hydrogen) atoms. The van der Waals surface area contributed by atoms with Crippen molar-refractivity contribution in [2.45, 2.75) is 25.8 Å². The third-order valence-corrected chi connectivity index (χ3v) is 6.22. The second kappa shape index (κ2) is 9.73. The van der Waals surface area contributed by atoms with Crippen molar-refractivity contribution in [3.8, 4) is 17.2 Å². The zero-order valence-corrected chi connectivity index (χ0v) is 20.3. The maximum absolute atomic E-state index is 14.1. The zero-order chi connectivity index (χ0) is 26.1. The Morgan fingerprint density at radius 2 is 1.58 bits per heavy atom. The topological polar surface area (TPSA) is 96.3 Å². The number of halogens is 1. The molecular weight excluding hydrogens is 465 g/mol. The lowest BCUT2D eigenvalue weighted by atomic mass is 9.94. The quantitative estimate of drug-likeness (QED) is 0.276. The standard InChI is InChI=1S/C28H26FNO6/c1-15(2)16-5-9-19(10-6-16)30-25(17-7-11-23(36-4)21(31)13-17)24(27(33)28(30)34)26(32)20-14-18(29)8-12-22(20)35-3/h5-15,25,31-32H,1-4H3/b26-24+. The average molecular weight is 492 g/mol. The first-order chi connectivity index (χ1) is 17.2. The van der Waals surface area contributed by atoms with E-state index in [-0.39, 0.29) is 34.3 Å².